The van der Waals surface area contributed by atoms with Crippen molar-refractivity contribution in [1.82, 2.24) is 4.98 Å². The molecule has 0 bridgehead atoms. The zero-order valence-electron chi connectivity index (χ0n) is 9.76. The molecule has 0 aromatic carbocycles. The van der Waals surface area contributed by atoms with Crippen LogP contribution in [0.4, 0.5) is 26.1 Å². The number of hydrogen-bond acceptors (Lipinski definition) is 3. The fraction of sp³-hybridized carbons (Fsp3) is 0.375. The van der Waals surface area contributed by atoms with Crippen LogP contribution in [0.3, 0.4) is 0 Å². The van der Waals surface area contributed by atoms with Gasteiger partial charge in [-0.1, -0.05) is 5.46 Å². The van der Waals surface area contributed by atoms with Crippen molar-refractivity contribution in [3.8, 4) is 5.75 Å². The Morgan fingerprint density at radius 2 is 1.79 bits per heavy atom. The first-order chi connectivity index (χ1) is 8.18. The van der Waals surface area contributed by atoms with Gasteiger partial charge in [-0.2, -0.15) is 13.2 Å². The molecule has 1 aromatic rings. The molecule has 0 aliphatic rings. The van der Waals surface area contributed by atoms with Gasteiger partial charge in [0.25, 0.3) is 0 Å². The first kappa shape index (κ1) is 19.2. The fourth-order valence-electron chi connectivity index (χ4n) is 0.961. The molecule has 19 heavy (non-hydrogen) atoms. The number of pyridine rings is 1. The van der Waals surface area contributed by atoms with Gasteiger partial charge in [-0.15, -0.1) is 0 Å². The first-order valence-electron chi connectivity index (χ1n) is 4.61. The van der Waals surface area contributed by atoms with Gasteiger partial charge in [0.1, 0.15) is 12.4 Å². The summed E-state index contributed by atoms with van der Waals surface area (Å²) in [4.78, 5) is 3.27. The van der Waals surface area contributed by atoms with Crippen LogP contribution in [0.25, 0.3) is 0 Å². The predicted octanol–water partition coefficient (Wildman–Crippen LogP) is -0.945. The third kappa shape index (κ3) is 8.15. The number of alkyl halides is 3. The molecule has 0 atom stereocenters. The molecule has 11 heteroatoms. The van der Waals surface area contributed by atoms with Gasteiger partial charge < -0.3 is 22.4 Å². The molecule has 0 aliphatic heterocycles. The van der Waals surface area contributed by atoms with Crippen molar-refractivity contribution in [2.24, 2.45) is 0 Å². The van der Waals surface area contributed by atoms with Crippen molar-refractivity contribution in [3.05, 3.63) is 18.5 Å². The van der Waals surface area contributed by atoms with E-state index in [1.54, 1.807) is 0 Å². The minimum Gasteiger partial charge on any atom is -0.466 e. The van der Waals surface area contributed by atoms with E-state index in [1.165, 1.54) is 0 Å². The van der Waals surface area contributed by atoms with Crippen LogP contribution in [-0.4, -0.2) is 31.5 Å². The summed E-state index contributed by atoms with van der Waals surface area (Å²) in [6.45, 7) is -7.58. The van der Waals surface area contributed by atoms with E-state index in [2.05, 4.69) is 14.5 Å². The number of ether oxygens (including phenoxy) is 2. The molecular formula is C8H7BF6KNO2. The van der Waals surface area contributed by atoms with Gasteiger partial charge in [-0.25, -0.2) is 0 Å². The van der Waals surface area contributed by atoms with Gasteiger partial charge in [0.2, 0.25) is 0 Å². The maximum absolute atomic E-state index is 12.3. The molecule has 0 fully saturated rings. The normalized spacial score (nSPS) is 11.9. The smallest absolute Gasteiger partial charge is 0.466 e. The zero-order valence-corrected chi connectivity index (χ0v) is 12.9. The Kier molecular flexibility index (Phi) is 7.92. The standard InChI is InChI=1S/C8H7BF6NO2.K/c10-8(11,12)4-17-5-18-7-1-6(2-16-3-7)9(13,14)15;/h1-3H,4-5H2;/q-1;+1. The van der Waals surface area contributed by atoms with Crippen LogP contribution >= 0.6 is 0 Å². The second-order valence-electron chi connectivity index (χ2n) is 3.25. The summed E-state index contributed by atoms with van der Waals surface area (Å²) >= 11 is 0. The van der Waals surface area contributed by atoms with Crippen LogP contribution in [0.2, 0.25) is 0 Å². The van der Waals surface area contributed by atoms with Crippen molar-refractivity contribution in [2.45, 2.75) is 6.18 Å². The van der Waals surface area contributed by atoms with Crippen LogP contribution in [0.1, 0.15) is 0 Å². The van der Waals surface area contributed by atoms with Gasteiger partial charge in [0.05, 0.1) is 6.20 Å². The average Bonchev–Trinajstić information content (AvgIpc) is 2.22. The summed E-state index contributed by atoms with van der Waals surface area (Å²) < 4.78 is 80.5. The van der Waals surface area contributed by atoms with Gasteiger partial charge >= 0.3 is 64.5 Å². The Labute approximate surface area is 147 Å². The largest absolute Gasteiger partial charge is 1.00 e. The molecule has 3 nitrogen and oxygen atoms in total. The fourth-order valence-corrected chi connectivity index (χ4v) is 0.961. The molecule has 0 aliphatic carbocycles. The van der Waals surface area contributed by atoms with E-state index in [4.69, 9.17) is 0 Å². The number of aromatic nitrogens is 1. The van der Waals surface area contributed by atoms with Crippen molar-refractivity contribution in [1.29, 1.82) is 0 Å². The summed E-state index contributed by atoms with van der Waals surface area (Å²) in [6.07, 6.45) is -2.97. The molecule has 1 heterocycles. The zero-order chi connectivity index (χ0) is 13.8. The number of rotatable bonds is 5. The van der Waals surface area contributed by atoms with Crippen molar-refractivity contribution >= 4 is 12.4 Å². The summed E-state index contributed by atoms with van der Waals surface area (Å²) in [5.41, 5.74) is -0.997. The summed E-state index contributed by atoms with van der Waals surface area (Å²) in [5, 5.41) is 0. The average molecular weight is 313 g/mol. The maximum atomic E-state index is 12.3. The maximum Gasteiger partial charge on any atom is 1.00 e. The Morgan fingerprint density at radius 1 is 1.16 bits per heavy atom. The topological polar surface area (TPSA) is 31.4 Å². The molecule has 1 rings (SSSR count). The summed E-state index contributed by atoms with van der Waals surface area (Å²) in [7, 11) is 0. The number of halogens is 6. The number of hydrogen-bond donors (Lipinski definition) is 0. The quantitative estimate of drug-likeness (QED) is 0.304. The second kappa shape index (κ2) is 7.84. The van der Waals surface area contributed by atoms with E-state index in [1.807, 2.05) is 0 Å². The van der Waals surface area contributed by atoms with E-state index in [0.717, 1.165) is 6.20 Å². The Hall–Kier alpha value is 0.191. The van der Waals surface area contributed by atoms with E-state index in [0.29, 0.717) is 12.3 Å². The molecule has 102 valence electrons. The summed E-state index contributed by atoms with van der Waals surface area (Å²) in [5.74, 6) is -0.311. The minimum absolute atomic E-state index is 0. The van der Waals surface area contributed by atoms with Crippen molar-refractivity contribution in [3.63, 3.8) is 0 Å². The molecule has 1 aromatic heterocycles. The van der Waals surface area contributed by atoms with E-state index in [9.17, 15) is 26.1 Å². The molecule has 0 saturated carbocycles. The molecule has 0 spiro atoms. The van der Waals surface area contributed by atoms with Crippen LogP contribution < -0.4 is 61.6 Å². The predicted molar refractivity (Wildman–Crippen MR) is 50.5 cm³/mol. The van der Waals surface area contributed by atoms with Crippen molar-refractivity contribution < 1.29 is 87.0 Å². The van der Waals surface area contributed by atoms with Crippen LogP contribution in [-0.2, 0) is 4.74 Å². The van der Waals surface area contributed by atoms with E-state index in [-0.39, 0.29) is 57.1 Å². The summed E-state index contributed by atoms with van der Waals surface area (Å²) in [6, 6.07) is 0.643. The Balaban J connectivity index is 0.00000324. The Morgan fingerprint density at radius 3 is 2.32 bits per heavy atom. The van der Waals surface area contributed by atoms with E-state index >= 15 is 0 Å². The third-order valence-electron chi connectivity index (χ3n) is 1.69. The van der Waals surface area contributed by atoms with E-state index < -0.39 is 32.0 Å². The minimum atomic E-state index is -5.23. The first-order valence-corrected chi connectivity index (χ1v) is 4.61. The van der Waals surface area contributed by atoms with Crippen LogP contribution in [0.15, 0.2) is 18.5 Å². The van der Waals surface area contributed by atoms with Gasteiger partial charge in [0.15, 0.2) is 6.79 Å². The number of nitrogens with zero attached hydrogens (tertiary/aromatic N) is 1. The molecular weight excluding hydrogens is 306 g/mol. The van der Waals surface area contributed by atoms with Crippen molar-refractivity contribution in [2.75, 3.05) is 13.4 Å². The van der Waals surface area contributed by atoms with Crippen LogP contribution in [0.5, 0.6) is 5.75 Å². The van der Waals surface area contributed by atoms with Gasteiger partial charge in [-0.3, -0.25) is 4.98 Å². The van der Waals surface area contributed by atoms with Gasteiger partial charge in [0, 0.05) is 6.20 Å². The monoisotopic (exact) mass is 313 g/mol. The third-order valence-corrected chi connectivity index (χ3v) is 1.69. The molecule has 0 unspecified atom stereocenters. The van der Waals surface area contributed by atoms with Gasteiger partial charge in [-0.05, 0) is 6.07 Å². The second-order valence-corrected chi connectivity index (χ2v) is 3.25. The Bertz CT molecular complexity index is 400. The molecule has 0 saturated heterocycles. The SMILES string of the molecule is F[B-](F)(F)c1cncc(OCOCC(F)(F)F)c1.[K+]. The molecule has 0 N–H and O–H groups in total. The van der Waals surface area contributed by atoms with Crippen LogP contribution in [0, 0.1) is 0 Å². The molecule has 0 amide bonds. The molecule has 0 radical (unpaired) electrons.